The van der Waals surface area contributed by atoms with Crippen LogP contribution < -0.4 is 0 Å². The predicted molar refractivity (Wildman–Crippen MR) is 43.9 cm³/mol. The molecule has 0 aliphatic rings. The number of aliphatic hydroxyl groups is 1. The third-order valence-electron chi connectivity index (χ3n) is 1.11. The highest BCUT2D eigenvalue weighted by Crippen LogP contribution is 2.02. The molecule has 0 heterocycles. The van der Waals surface area contributed by atoms with Gasteiger partial charge in [0.2, 0.25) is 0 Å². The van der Waals surface area contributed by atoms with Gasteiger partial charge >= 0.3 is 0 Å². The summed E-state index contributed by atoms with van der Waals surface area (Å²) < 4.78 is 0. The Hall–Kier alpha value is 0.180. The van der Waals surface area contributed by atoms with E-state index in [1.54, 1.807) is 0 Å². The van der Waals surface area contributed by atoms with Crippen molar-refractivity contribution in [1.29, 1.82) is 0 Å². The second-order valence-electron chi connectivity index (χ2n) is 2.00. The second-order valence-corrected chi connectivity index (χ2v) is 2.79. The third kappa shape index (κ3) is 6.06. The van der Waals surface area contributed by atoms with Crippen LogP contribution >= 0.6 is 15.9 Å². The molecular weight excluding hydrogens is 180 g/mol. The van der Waals surface area contributed by atoms with Gasteiger partial charge in [0.15, 0.2) is 0 Å². The number of halogens is 1. The number of rotatable bonds is 4. The summed E-state index contributed by atoms with van der Waals surface area (Å²) in [5.74, 6) is 0. The largest absolute Gasteiger partial charge is 0.396 e. The van der Waals surface area contributed by atoms with E-state index < -0.39 is 0 Å². The van der Waals surface area contributed by atoms with E-state index in [1.807, 2.05) is 0 Å². The molecule has 0 aromatic carbocycles. The molecule has 0 radical (unpaired) electrons. The standard InChI is InChI=1S/C7H13BrO/c1-7(4-5-8)3-2-6-9/h3,9H,2,4-6H2,1H3. The molecule has 0 saturated carbocycles. The molecule has 1 nitrogen and oxygen atoms in total. The Morgan fingerprint density at radius 2 is 2.33 bits per heavy atom. The molecule has 0 aromatic heterocycles. The summed E-state index contributed by atoms with van der Waals surface area (Å²) in [6, 6.07) is 0. The maximum absolute atomic E-state index is 8.43. The predicted octanol–water partition coefficient (Wildman–Crippen LogP) is 2.10. The van der Waals surface area contributed by atoms with E-state index in [4.69, 9.17) is 5.11 Å². The first kappa shape index (κ1) is 9.18. The van der Waals surface area contributed by atoms with Crippen molar-refractivity contribution in [3.05, 3.63) is 11.6 Å². The first-order chi connectivity index (χ1) is 4.31. The molecule has 0 aliphatic heterocycles. The third-order valence-corrected chi connectivity index (χ3v) is 1.51. The molecule has 54 valence electrons. The zero-order chi connectivity index (χ0) is 7.11. The first-order valence-electron chi connectivity index (χ1n) is 3.13. The van der Waals surface area contributed by atoms with Crippen molar-refractivity contribution in [2.24, 2.45) is 0 Å². The normalized spacial score (nSPS) is 12.1. The van der Waals surface area contributed by atoms with E-state index in [0.717, 1.165) is 18.2 Å². The van der Waals surface area contributed by atoms with Crippen LogP contribution in [0.25, 0.3) is 0 Å². The second kappa shape index (κ2) is 6.30. The van der Waals surface area contributed by atoms with Crippen LogP contribution in [0, 0.1) is 0 Å². The molecule has 1 N–H and O–H groups in total. The fourth-order valence-corrected chi connectivity index (χ4v) is 1.19. The average molecular weight is 193 g/mol. The zero-order valence-electron chi connectivity index (χ0n) is 5.73. The summed E-state index contributed by atoms with van der Waals surface area (Å²) >= 11 is 3.34. The van der Waals surface area contributed by atoms with Gasteiger partial charge in [-0.2, -0.15) is 0 Å². The van der Waals surface area contributed by atoms with E-state index >= 15 is 0 Å². The molecule has 9 heavy (non-hydrogen) atoms. The molecule has 0 atom stereocenters. The van der Waals surface area contributed by atoms with Crippen molar-refractivity contribution in [2.75, 3.05) is 11.9 Å². The Bertz CT molecular complexity index is 88.9. The van der Waals surface area contributed by atoms with Gasteiger partial charge in [-0.05, 0) is 19.8 Å². The van der Waals surface area contributed by atoms with Gasteiger partial charge in [0.1, 0.15) is 0 Å². The lowest BCUT2D eigenvalue weighted by atomic mass is 10.2. The molecule has 2 heteroatoms. The topological polar surface area (TPSA) is 20.2 Å². The lowest BCUT2D eigenvalue weighted by Crippen LogP contribution is -1.81. The summed E-state index contributed by atoms with van der Waals surface area (Å²) in [4.78, 5) is 0. The number of alkyl halides is 1. The van der Waals surface area contributed by atoms with E-state index in [-0.39, 0.29) is 6.61 Å². The molecule has 0 unspecified atom stereocenters. The summed E-state index contributed by atoms with van der Waals surface area (Å²) in [5.41, 5.74) is 1.35. The van der Waals surface area contributed by atoms with Crippen molar-refractivity contribution in [3.63, 3.8) is 0 Å². The van der Waals surface area contributed by atoms with Gasteiger partial charge in [-0.25, -0.2) is 0 Å². The number of aliphatic hydroxyl groups excluding tert-OH is 1. The van der Waals surface area contributed by atoms with Crippen LogP contribution in [0.5, 0.6) is 0 Å². The highest BCUT2D eigenvalue weighted by atomic mass is 79.9. The van der Waals surface area contributed by atoms with Crippen molar-refractivity contribution < 1.29 is 5.11 Å². The summed E-state index contributed by atoms with van der Waals surface area (Å²) in [7, 11) is 0. The molecule has 0 rings (SSSR count). The van der Waals surface area contributed by atoms with Crippen LogP contribution in [0.3, 0.4) is 0 Å². The quantitative estimate of drug-likeness (QED) is 0.535. The maximum atomic E-state index is 8.43. The summed E-state index contributed by atoms with van der Waals surface area (Å²) in [6.45, 7) is 2.34. The van der Waals surface area contributed by atoms with Crippen molar-refractivity contribution in [3.8, 4) is 0 Å². The smallest absolute Gasteiger partial charge is 0.0465 e. The van der Waals surface area contributed by atoms with Gasteiger partial charge in [-0.15, -0.1) is 0 Å². The van der Waals surface area contributed by atoms with E-state index in [0.29, 0.717) is 0 Å². The van der Waals surface area contributed by atoms with Gasteiger partial charge in [-0.3, -0.25) is 0 Å². The Morgan fingerprint density at radius 3 is 2.78 bits per heavy atom. The van der Waals surface area contributed by atoms with E-state index in [9.17, 15) is 0 Å². The zero-order valence-corrected chi connectivity index (χ0v) is 7.32. The molecule has 0 aliphatic carbocycles. The lowest BCUT2D eigenvalue weighted by molar-refractivity contribution is 0.302. The SMILES string of the molecule is CC(=CCCO)CCBr. The summed E-state index contributed by atoms with van der Waals surface area (Å²) in [5, 5.41) is 9.44. The van der Waals surface area contributed by atoms with Crippen LogP contribution in [0.15, 0.2) is 11.6 Å². The van der Waals surface area contributed by atoms with Crippen LogP contribution in [-0.2, 0) is 0 Å². The van der Waals surface area contributed by atoms with Crippen LogP contribution in [0.1, 0.15) is 19.8 Å². The van der Waals surface area contributed by atoms with Gasteiger partial charge in [0.25, 0.3) is 0 Å². The first-order valence-corrected chi connectivity index (χ1v) is 4.26. The minimum Gasteiger partial charge on any atom is -0.396 e. The molecule has 0 amide bonds. The highest BCUT2D eigenvalue weighted by molar-refractivity contribution is 9.09. The van der Waals surface area contributed by atoms with Crippen LogP contribution in [0.2, 0.25) is 0 Å². The highest BCUT2D eigenvalue weighted by Gasteiger charge is 1.85. The van der Waals surface area contributed by atoms with Crippen molar-refractivity contribution in [1.82, 2.24) is 0 Å². The van der Waals surface area contributed by atoms with Gasteiger partial charge in [0.05, 0.1) is 0 Å². The minimum absolute atomic E-state index is 0.264. The Balaban J connectivity index is 3.30. The molecule has 0 fully saturated rings. The monoisotopic (exact) mass is 192 g/mol. The lowest BCUT2D eigenvalue weighted by Gasteiger charge is -1.94. The molecular formula is C7H13BrO. The molecule has 0 spiro atoms. The summed E-state index contributed by atoms with van der Waals surface area (Å²) in [6.07, 6.45) is 3.94. The van der Waals surface area contributed by atoms with Gasteiger partial charge < -0.3 is 5.11 Å². The number of hydrogen-bond acceptors (Lipinski definition) is 1. The van der Waals surface area contributed by atoms with Gasteiger partial charge in [0, 0.05) is 11.9 Å². The Kier molecular flexibility index (Phi) is 6.43. The van der Waals surface area contributed by atoms with Gasteiger partial charge in [-0.1, -0.05) is 27.6 Å². The fraction of sp³-hybridized carbons (Fsp3) is 0.714. The number of allylic oxidation sites excluding steroid dienone is 1. The van der Waals surface area contributed by atoms with Crippen molar-refractivity contribution in [2.45, 2.75) is 19.8 Å². The Morgan fingerprint density at radius 1 is 1.67 bits per heavy atom. The fourth-order valence-electron chi connectivity index (χ4n) is 0.562. The van der Waals surface area contributed by atoms with E-state index in [1.165, 1.54) is 5.57 Å². The molecule has 0 bridgehead atoms. The Labute approximate surface area is 64.9 Å². The maximum Gasteiger partial charge on any atom is 0.0465 e. The molecule has 0 aromatic rings. The molecule has 0 saturated heterocycles. The average Bonchev–Trinajstić information content (AvgIpc) is 1.85. The van der Waals surface area contributed by atoms with E-state index in [2.05, 4.69) is 28.9 Å². The minimum atomic E-state index is 0.264. The van der Waals surface area contributed by atoms with Crippen molar-refractivity contribution >= 4 is 15.9 Å². The van der Waals surface area contributed by atoms with Crippen LogP contribution in [0.4, 0.5) is 0 Å². The number of hydrogen-bond donors (Lipinski definition) is 1. The van der Waals surface area contributed by atoms with Crippen LogP contribution in [-0.4, -0.2) is 17.0 Å².